The van der Waals surface area contributed by atoms with Crippen LogP contribution in [0.2, 0.25) is 0 Å². The fraction of sp³-hybridized carbons (Fsp3) is 0.462. The Morgan fingerprint density at radius 2 is 1.84 bits per heavy atom. The largest absolute Gasteiger partial charge is 0.337 e. The van der Waals surface area contributed by atoms with E-state index < -0.39 is 0 Å². The highest BCUT2D eigenvalue weighted by atomic mass is 16.2. The number of hydrogen-bond donors (Lipinski definition) is 0. The smallest absolute Gasteiger partial charge is 0.253 e. The van der Waals surface area contributed by atoms with Gasteiger partial charge in [0.2, 0.25) is 0 Å². The highest BCUT2D eigenvalue weighted by Crippen LogP contribution is 2.28. The first-order valence-corrected chi connectivity index (χ1v) is 11.6. The monoisotopic (exact) mass is 416 g/mol. The van der Waals surface area contributed by atoms with Gasteiger partial charge in [-0.3, -0.25) is 9.69 Å². The van der Waals surface area contributed by atoms with Crippen LogP contribution >= 0.6 is 0 Å². The first-order chi connectivity index (χ1) is 15.1. The van der Waals surface area contributed by atoms with Crippen molar-refractivity contribution in [2.24, 2.45) is 0 Å². The Hall–Kier alpha value is -2.66. The lowest BCUT2D eigenvalue weighted by Gasteiger charge is -2.44. The lowest BCUT2D eigenvalue weighted by atomic mass is 9.89. The number of fused-ring (bicyclic) bond motifs is 1. The summed E-state index contributed by atoms with van der Waals surface area (Å²) in [7, 11) is 1.98. The fourth-order valence-corrected chi connectivity index (χ4v) is 5.08. The number of para-hydroxylation sites is 2. The number of carbonyl (C=O) groups is 1. The van der Waals surface area contributed by atoms with Gasteiger partial charge < -0.3 is 9.47 Å². The zero-order valence-corrected chi connectivity index (χ0v) is 18.6. The maximum Gasteiger partial charge on any atom is 0.253 e. The number of benzene rings is 2. The van der Waals surface area contributed by atoms with Crippen LogP contribution in [0.3, 0.4) is 0 Å². The van der Waals surface area contributed by atoms with Crippen LogP contribution in [0.1, 0.15) is 53.8 Å². The quantitative estimate of drug-likeness (QED) is 0.616. The number of likely N-dealkylation sites (tertiary alicyclic amines) is 1. The van der Waals surface area contributed by atoms with Crippen molar-refractivity contribution < 1.29 is 4.79 Å². The number of aromatic nitrogens is 2. The summed E-state index contributed by atoms with van der Waals surface area (Å²) >= 11 is 0. The van der Waals surface area contributed by atoms with Gasteiger partial charge in [-0.2, -0.15) is 0 Å². The molecule has 5 rings (SSSR count). The van der Waals surface area contributed by atoms with Gasteiger partial charge >= 0.3 is 0 Å². The van der Waals surface area contributed by atoms with E-state index in [4.69, 9.17) is 0 Å². The normalized spacial score (nSPS) is 20.0. The van der Waals surface area contributed by atoms with Crippen molar-refractivity contribution in [2.75, 3.05) is 20.1 Å². The van der Waals surface area contributed by atoms with Crippen molar-refractivity contribution in [1.82, 2.24) is 19.4 Å². The molecule has 1 aliphatic carbocycles. The van der Waals surface area contributed by atoms with Gasteiger partial charge in [-0.15, -0.1) is 0 Å². The average Bonchev–Trinajstić information content (AvgIpc) is 3.07. The Labute approximate surface area is 184 Å². The molecule has 5 nitrogen and oxygen atoms in total. The molecule has 31 heavy (non-hydrogen) atoms. The second-order valence-corrected chi connectivity index (χ2v) is 9.22. The lowest BCUT2D eigenvalue weighted by Crippen LogP contribution is -2.53. The molecule has 2 aromatic carbocycles. The number of likely N-dealkylation sites (N-methyl/N-ethyl adjacent to an activating group) is 1. The van der Waals surface area contributed by atoms with Crippen molar-refractivity contribution in [3.63, 3.8) is 0 Å². The Morgan fingerprint density at radius 3 is 2.58 bits per heavy atom. The number of nitrogens with zero attached hydrogens (tertiary/aromatic N) is 4. The summed E-state index contributed by atoms with van der Waals surface area (Å²) < 4.78 is 2.23. The third-order valence-electron chi connectivity index (χ3n) is 7.27. The van der Waals surface area contributed by atoms with Crippen LogP contribution in [-0.2, 0) is 6.54 Å². The summed E-state index contributed by atoms with van der Waals surface area (Å²) in [5.74, 6) is 1.14. The van der Waals surface area contributed by atoms with E-state index in [0.29, 0.717) is 6.04 Å². The summed E-state index contributed by atoms with van der Waals surface area (Å²) in [6.45, 7) is 5.03. The molecule has 1 saturated heterocycles. The van der Waals surface area contributed by atoms with Crippen molar-refractivity contribution in [2.45, 2.75) is 57.7 Å². The Morgan fingerprint density at radius 1 is 1.06 bits per heavy atom. The maximum atomic E-state index is 13.2. The van der Waals surface area contributed by atoms with E-state index >= 15 is 0 Å². The number of aryl methyl sites for hydroxylation is 1. The molecule has 1 aliphatic heterocycles. The fourth-order valence-electron chi connectivity index (χ4n) is 5.08. The Kier molecular flexibility index (Phi) is 5.53. The molecule has 0 radical (unpaired) electrons. The highest BCUT2D eigenvalue weighted by Gasteiger charge is 2.32. The van der Waals surface area contributed by atoms with E-state index in [1.807, 2.05) is 43.1 Å². The molecule has 1 atom stereocenters. The topological polar surface area (TPSA) is 41.4 Å². The van der Waals surface area contributed by atoms with Crippen molar-refractivity contribution in [3.05, 3.63) is 65.5 Å². The average molecular weight is 417 g/mol. The molecule has 1 saturated carbocycles. The Balaban J connectivity index is 1.27. The predicted molar refractivity (Wildman–Crippen MR) is 124 cm³/mol. The standard InChI is InChI=1S/C26H32N4O/c1-19-27-24-10-3-4-11-25(24)30(19)17-20-12-14-21(15-13-20)26(31)28(2)23-9-6-16-29(18-23)22-7-5-8-22/h3-4,10-15,22-23H,5-9,16-18H2,1-2H3. The minimum Gasteiger partial charge on any atom is -0.337 e. The van der Waals surface area contributed by atoms with Crippen LogP contribution < -0.4 is 0 Å². The van der Waals surface area contributed by atoms with Gasteiger partial charge in [-0.05, 0) is 69.0 Å². The van der Waals surface area contributed by atoms with E-state index in [0.717, 1.165) is 48.0 Å². The molecule has 0 bridgehead atoms. The van der Waals surface area contributed by atoms with E-state index in [9.17, 15) is 4.79 Å². The van der Waals surface area contributed by atoms with Gasteiger partial charge in [0.05, 0.1) is 11.0 Å². The summed E-state index contributed by atoms with van der Waals surface area (Å²) in [4.78, 5) is 22.4. The van der Waals surface area contributed by atoms with Crippen molar-refractivity contribution in [3.8, 4) is 0 Å². The summed E-state index contributed by atoms with van der Waals surface area (Å²) in [6.07, 6.45) is 6.32. The van der Waals surface area contributed by atoms with Crippen LogP contribution in [0.5, 0.6) is 0 Å². The van der Waals surface area contributed by atoms with Crippen LogP contribution in [0.25, 0.3) is 11.0 Å². The van der Waals surface area contributed by atoms with E-state index in [1.165, 1.54) is 37.8 Å². The van der Waals surface area contributed by atoms with Crippen LogP contribution in [0.4, 0.5) is 0 Å². The van der Waals surface area contributed by atoms with Crippen molar-refractivity contribution >= 4 is 16.9 Å². The van der Waals surface area contributed by atoms with E-state index in [-0.39, 0.29) is 5.91 Å². The first-order valence-electron chi connectivity index (χ1n) is 11.6. The van der Waals surface area contributed by atoms with Crippen LogP contribution in [0, 0.1) is 6.92 Å². The Bertz CT molecular complexity index is 1070. The third kappa shape index (κ3) is 3.99. The lowest BCUT2D eigenvalue weighted by molar-refractivity contribution is 0.0424. The van der Waals surface area contributed by atoms with E-state index in [2.05, 4.69) is 38.7 Å². The summed E-state index contributed by atoms with van der Waals surface area (Å²) in [5.41, 5.74) is 4.13. The molecule has 162 valence electrons. The molecule has 0 spiro atoms. The summed E-state index contributed by atoms with van der Waals surface area (Å²) in [5, 5.41) is 0. The van der Waals surface area contributed by atoms with Gasteiger partial charge in [0.15, 0.2) is 0 Å². The molecule has 2 fully saturated rings. The molecular weight excluding hydrogens is 384 g/mol. The minimum atomic E-state index is 0.135. The zero-order chi connectivity index (χ0) is 21.4. The highest BCUT2D eigenvalue weighted by molar-refractivity contribution is 5.94. The molecular formula is C26H32N4O. The molecule has 5 heteroatoms. The molecule has 2 aliphatic rings. The SMILES string of the molecule is Cc1nc2ccccc2n1Cc1ccc(C(=O)N(C)C2CCCN(C3CCC3)C2)cc1. The number of carbonyl (C=O) groups excluding carboxylic acids is 1. The molecule has 2 heterocycles. The molecule has 1 unspecified atom stereocenters. The second kappa shape index (κ2) is 8.46. The molecule has 3 aromatic rings. The van der Waals surface area contributed by atoms with Gasteiger partial charge in [-0.1, -0.05) is 30.7 Å². The number of imidazole rings is 1. The van der Waals surface area contributed by atoms with E-state index in [1.54, 1.807) is 0 Å². The van der Waals surface area contributed by atoms with Gasteiger partial charge in [-0.25, -0.2) is 4.98 Å². The second-order valence-electron chi connectivity index (χ2n) is 9.22. The molecule has 1 aromatic heterocycles. The van der Waals surface area contributed by atoms with Gasteiger partial charge in [0.25, 0.3) is 5.91 Å². The van der Waals surface area contributed by atoms with Crippen molar-refractivity contribution in [1.29, 1.82) is 0 Å². The third-order valence-corrected chi connectivity index (χ3v) is 7.27. The van der Waals surface area contributed by atoms with Crippen LogP contribution in [0.15, 0.2) is 48.5 Å². The minimum absolute atomic E-state index is 0.135. The predicted octanol–water partition coefficient (Wildman–Crippen LogP) is 4.48. The molecule has 0 N–H and O–H groups in total. The van der Waals surface area contributed by atoms with Gasteiger partial charge in [0.1, 0.15) is 5.82 Å². The number of amides is 1. The van der Waals surface area contributed by atoms with Gasteiger partial charge in [0, 0.05) is 37.8 Å². The molecule has 1 amide bonds. The number of rotatable bonds is 5. The maximum absolute atomic E-state index is 13.2. The first kappa shape index (κ1) is 20.3. The number of hydrogen-bond acceptors (Lipinski definition) is 3. The van der Waals surface area contributed by atoms with Crippen LogP contribution in [-0.4, -0.2) is 57.5 Å². The number of piperidine rings is 1. The zero-order valence-electron chi connectivity index (χ0n) is 18.6. The summed E-state index contributed by atoms with van der Waals surface area (Å²) in [6, 6.07) is 17.4.